The Morgan fingerprint density at radius 1 is 1.63 bits per heavy atom. The first kappa shape index (κ1) is 14.6. The summed E-state index contributed by atoms with van der Waals surface area (Å²) in [5, 5.41) is 5.46. The van der Waals surface area contributed by atoms with Crippen LogP contribution >= 0.6 is 23.1 Å². The van der Waals surface area contributed by atoms with Crippen LogP contribution in [-0.4, -0.2) is 41.4 Å². The molecule has 1 aromatic heterocycles. The molecule has 1 fully saturated rings. The summed E-state index contributed by atoms with van der Waals surface area (Å²) in [6, 6.07) is 4.42. The van der Waals surface area contributed by atoms with Gasteiger partial charge in [-0.25, -0.2) is 0 Å². The molecule has 1 aromatic rings. The van der Waals surface area contributed by atoms with Crippen LogP contribution in [0.2, 0.25) is 0 Å². The summed E-state index contributed by atoms with van der Waals surface area (Å²) in [7, 11) is 0. The van der Waals surface area contributed by atoms with E-state index < -0.39 is 0 Å². The molecule has 104 valence electrons. The van der Waals surface area contributed by atoms with E-state index in [1.165, 1.54) is 4.88 Å². The first-order valence-electron chi connectivity index (χ1n) is 6.52. The second kappa shape index (κ2) is 7.72. The average molecular weight is 296 g/mol. The zero-order valence-corrected chi connectivity index (χ0v) is 12.6. The zero-order valence-electron chi connectivity index (χ0n) is 11.0. The first-order chi connectivity index (χ1) is 9.29. The van der Waals surface area contributed by atoms with Gasteiger partial charge in [-0.15, -0.1) is 17.9 Å². The number of hydrogen-bond donors (Lipinski definition) is 1. The van der Waals surface area contributed by atoms with Crippen molar-refractivity contribution in [2.45, 2.75) is 19.0 Å². The number of thiophene rings is 1. The SMILES string of the molecule is C=CCN(Cc1cccs1)C(=O)CC1CSCCN1. The molecule has 2 rings (SSSR count). The third kappa shape index (κ3) is 4.67. The fraction of sp³-hybridized carbons (Fsp3) is 0.500. The molecule has 0 spiro atoms. The highest BCUT2D eigenvalue weighted by Gasteiger charge is 2.20. The van der Waals surface area contributed by atoms with E-state index >= 15 is 0 Å². The lowest BCUT2D eigenvalue weighted by Gasteiger charge is -2.26. The molecule has 1 aliphatic rings. The van der Waals surface area contributed by atoms with Gasteiger partial charge in [0.25, 0.3) is 0 Å². The molecule has 1 unspecified atom stereocenters. The van der Waals surface area contributed by atoms with Crippen LogP contribution in [0.4, 0.5) is 0 Å². The fourth-order valence-electron chi connectivity index (χ4n) is 2.09. The Balaban J connectivity index is 1.89. The topological polar surface area (TPSA) is 32.3 Å². The van der Waals surface area contributed by atoms with E-state index in [0.717, 1.165) is 18.1 Å². The molecule has 1 saturated heterocycles. The minimum absolute atomic E-state index is 0.216. The maximum absolute atomic E-state index is 12.4. The number of nitrogens with zero attached hydrogens (tertiary/aromatic N) is 1. The number of thioether (sulfide) groups is 1. The number of amides is 1. The van der Waals surface area contributed by atoms with Gasteiger partial charge in [0, 0.05) is 41.9 Å². The minimum Gasteiger partial charge on any atom is -0.334 e. The van der Waals surface area contributed by atoms with Crippen LogP contribution in [0.1, 0.15) is 11.3 Å². The number of carbonyl (C=O) groups excluding carboxylic acids is 1. The van der Waals surface area contributed by atoms with E-state index in [2.05, 4.69) is 18.0 Å². The highest BCUT2D eigenvalue weighted by atomic mass is 32.2. The summed E-state index contributed by atoms with van der Waals surface area (Å²) < 4.78 is 0. The van der Waals surface area contributed by atoms with Gasteiger partial charge in [-0.3, -0.25) is 4.79 Å². The molecule has 2 heterocycles. The van der Waals surface area contributed by atoms with Crippen LogP contribution in [0, 0.1) is 0 Å². The maximum Gasteiger partial charge on any atom is 0.224 e. The van der Waals surface area contributed by atoms with Gasteiger partial charge in [0.15, 0.2) is 0 Å². The van der Waals surface area contributed by atoms with Crippen molar-refractivity contribution >= 4 is 29.0 Å². The predicted octanol–water partition coefficient (Wildman–Crippen LogP) is 2.36. The molecule has 3 nitrogen and oxygen atoms in total. The van der Waals surface area contributed by atoms with Gasteiger partial charge >= 0.3 is 0 Å². The Hall–Kier alpha value is -0.780. The Kier molecular flexibility index (Phi) is 5.94. The molecule has 0 bridgehead atoms. The van der Waals surface area contributed by atoms with Crippen LogP contribution in [-0.2, 0) is 11.3 Å². The van der Waals surface area contributed by atoms with Gasteiger partial charge < -0.3 is 10.2 Å². The Labute approximate surface area is 123 Å². The molecule has 1 N–H and O–H groups in total. The lowest BCUT2D eigenvalue weighted by Crippen LogP contribution is -2.42. The molecule has 1 aliphatic heterocycles. The van der Waals surface area contributed by atoms with Crippen molar-refractivity contribution in [2.24, 2.45) is 0 Å². The van der Waals surface area contributed by atoms with E-state index in [0.29, 0.717) is 25.6 Å². The number of carbonyl (C=O) groups is 1. The monoisotopic (exact) mass is 296 g/mol. The van der Waals surface area contributed by atoms with Crippen molar-refractivity contribution in [1.29, 1.82) is 0 Å². The van der Waals surface area contributed by atoms with Crippen LogP contribution in [0.3, 0.4) is 0 Å². The minimum atomic E-state index is 0.216. The van der Waals surface area contributed by atoms with E-state index in [1.54, 1.807) is 17.4 Å². The molecular weight excluding hydrogens is 276 g/mol. The molecule has 0 aromatic carbocycles. The van der Waals surface area contributed by atoms with Crippen molar-refractivity contribution < 1.29 is 4.79 Å². The zero-order chi connectivity index (χ0) is 13.5. The average Bonchev–Trinajstić information content (AvgIpc) is 2.92. The Morgan fingerprint density at radius 2 is 2.53 bits per heavy atom. The van der Waals surface area contributed by atoms with E-state index in [9.17, 15) is 4.79 Å². The fourth-order valence-corrected chi connectivity index (χ4v) is 3.76. The summed E-state index contributed by atoms with van der Waals surface area (Å²) in [6.07, 6.45) is 2.39. The third-order valence-corrected chi connectivity index (χ3v) is 5.04. The maximum atomic E-state index is 12.4. The van der Waals surface area contributed by atoms with Crippen LogP contribution in [0.25, 0.3) is 0 Å². The predicted molar refractivity (Wildman–Crippen MR) is 83.7 cm³/mol. The van der Waals surface area contributed by atoms with Gasteiger partial charge in [-0.2, -0.15) is 11.8 Å². The molecular formula is C14H20N2OS2. The summed E-state index contributed by atoms with van der Waals surface area (Å²) in [5.74, 6) is 2.40. The first-order valence-corrected chi connectivity index (χ1v) is 8.55. The van der Waals surface area contributed by atoms with Crippen molar-refractivity contribution in [2.75, 3.05) is 24.6 Å². The quantitative estimate of drug-likeness (QED) is 0.818. The third-order valence-electron chi connectivity index (χ3n) is 3.05. The van der Waals surface area contributed by atoms with Crippen molar-refractivity contribution in [3.8, 4) is 0 Å². The second-order valence-corrected chi connectivity index (χ2v) is 6.75. The van der Waals surface area contributed by atoms with Gasteiger partial charge in [0.2, 0.25) is 5.91 Å². The Bertz CT molecular complexity index is 400. The standard InChI is InChI=1S/C14H20N2OS2/c1-2-6-16(10-13-4-3-7-19-13)14(17)9-12-11-18-8-5-15-12/h2-4,7,12,15H,1,5-6,8-11H2. The molecule has 1 amide bonds. The van der Waals surface area contributed by atoms with Crippen molar-refractivity contribution in [1.82, 2.24) is 10.2 Å². The highest BCUT2D eigenvalue weighted by Crippen LogP contribution is 2.15. The van der Waals surface area contributed by atoms with Gasteiger partial charge in [-0.1, -0.05) is 12.1 Å². The lowest BCUT2D eigenvalue weighted by molar-refractivity contribution is -0.131. The van der Waals surface area contributed by atoms with Crippen LogP contribution < -0.4 is 5.32 Å². The van der Waals surface area contributed by atoms with E-state index in [-0.39, 0.29) is 5.91 Å². The lowest BCUT2D eigenvalue weighted by atomic mass is 10.2. The summed E-state index contributed by atoms with van der Waals surface area (Å²) in [6.45, 7) is 6.08. The van der Waals surface area contributed by atoms with E-state index in [1.807, 2.05) is 28.1 Å². The van der Waals surface area contributed by atoms with Crippen molar-refractivity contribution in [3.05, 3.63) is 35.0 Å². The number of rotatable bonds is 6. The van der Waals surface area contributed by atoms with E-state index in [4.69, 9.17) is 0 Å². The summed E-state index contributed by atoms with van der Waals surface area (Å²) >= 11 is 3.62. The molecule has 5 heteroatoms. The normalized spacial score (nSPS) is 19.1. The number of nitrogens with one attached hydrogen (secondary N) is 1. The molecule has 19 heavy (non-hydrogen) atoms. The molecule has 1 atom stereocenters. The van der Waals surface area contributed by atoms with Crippen molar-refractivity contribution in [3.63, 3.8) is 0 Å². The summed E-state index contributed by atoms with van der Waals surface area (Å²) in [5.41, 5.74) is 0. The Morgan fingerprint density at radius 3 is 3.16 bits per heavy atom. The highest BCUT2D eigenvalue weighted by molar-refractivity contribution is 7.99. The van der Waals surface area contributed by atoms with Crippen LogP contribution in [0.5, 0.6) is 0 Å². The second-order valence-electron chi connectivity index (χ2n) is 4.57. The smallest absolute Gasteiger partial charge is 0.224 e. The van der Waals surface area contributed by atoms with Gasteiger partial charge in [0.05, 0.1) is 6.54 Å². The molecule has 0 radical (unpaired) electrons. The van der Waals surface area contributed by atoms with Gasteiger partial charge in [-0.05, 0) is 11.4 Å². The van der Waals surface area contributed by atoms with Gasteiger partial charge in [0.1, 0.15) is 0 Å². The largest absolute Gasteiger partial charge is 0.334 e. The summed E-state index contributed by atoms with van der Waals surface area (Å²) in [4.78, 5) is 15.5. The molecule has 0 aliphatic carbocycles. The van der Waals surface area contributed by atoms with Crippen LogP contribution in [0.15, 0.2) is 30.2 Å². The molecule has 0 saturated carbocycles. The number of hydrogen-bond acceptors (Lipinski definition) is 4.